The van der Waals surface area contributed by atoms with Crippen LogP contribution in [0.2, 0.25) is 5.02 Å². The Bertz CT molecular complexity index is 813. The zero-order valence-electron chi connectivity index (χ0n) is 12.4. The third kappa shape index (κ3) is 2.64. The number of fused-ring (bicyclic) bond motifs is 1. The summed E-state index contributed by atoms with van der Waals surface area (Å²) in [5, 5.41) is 8.50. The average molecular weight is 326 g/mol. The van der Waals surface area contributed by atoms with Crippen LogP contribution in [0.15, 0.2) is 54.6 Å². The van der Waals surface area contributed by atoms with Crippen molar-refractivity contribution in [2.24, 2.45) is 0 Å². The van der Waals surface area contributed by atoms with Gasteiger partial charge >= 0.3 is 0 Å². The number of aromatic nitrogens is 3. The molecule has 2 aromatic carbocycles. The summed E-state index contributed by atoms with van der Waals surface area (Å²) in [4.78, 5) is 4.31. The van der Waals surface area contributed by atoms with Gasteiger partial charge in [-0.15, -0.1) is 5.10 Å². The van der Waals surface area contributed by atoms with E-state index in [4.69, 9.17) is 17.3 Å². The lowest BCUT2D eigenvalue weighted by molar-refractivity contribution is 0.431. The van der Waals surface area contributed by atoms with Gasteiger partial charge in [0.25, 0.3) is 0 Å². The summed E-state index contributed by atoms with van der Waals surface area (Å²) >= 11 is 6.01. The predicted molar refractivity (Wildman–Crippen MR) is 91.4 cm³/mol. The molecule has 0 saturated heterocycles. The van der Waals surface area contributed by atoms with Gasteiger partial charge in [-0.25, -0.2) is 4.68 Å². The largest absolute Gasteiger partial charge is 0.366 e. The lowest BCUT2D eigenvalue weighted by Crippen LogP contribution is -2.28. The summed E-state index contributed by atoms with van der Waals surface area (Å²) < 4.78 is 1.86. The first-order valence-corrected chi connectivity index (χ1v) is 7.87. The second-order valence-corrected chi connectivity index (χ2v) is 6.09. The highest BCUT2D eigenvalue weighted by Gasteiger charge is 2.30. The predicted octanol–water partition coefficient (Wildman–Crippen LogP) is 3.66. The number of nitrogens with one attached hydrogen (secondary N) is 1. The summed E-state index contributed by atoms with van der Waals surface area (Å²) in [6.07, 6.45) is 0.863. The Morgan fingerprint density at radius 1 is 1.04 bits per heavy atom. The fourth-order valence-electron chi connectivity index (χ4n) is 3.06. The Labute approximate surface area is 139 Å². The molecule has 0 saturated carbocycles. The molecule has 3 N–H and O–H groups in total. The normalized spacial score (nSPS) is 19.9. The molecule has 0 unspecified atom stereocenters. The molecule has 1 aliphatic rings. The van der Waals surface area contributed by atoms with Crippen molar-refractivity contribution in [1.29, 1.82) is 0 Å². The standard InChI is InChI=1S/C17H16ClN5/c18-13-8-6-12(7-9-13)15-10-14(11-4-2-1-3-5-11)20-17-21-16(19)22-23(15)17/h1-9,14-15H,10H2,(H3,19,20,21,22)/t14-,15-/m0/s1. The molecular formula is C17H16ClN5. The summed E-state index contributed by atoms with van der Waals surface area (Å²) in [7, 11) is 0. The van der Waals surface area contributed by atoms with Crippen molar-refractivity contribution in [2.75, 3.05) is 11.1 Å². The molecule has 0 spiro atoms. The number of benzene rings is 2. The summed E-state index contributed by atoms with van der Waals surface area (Å²) in [5.41, 5.74) is 8.17. The fourth-order valence-corrected chi connectivity index (χ4v) is 3.19. The molecule has 1 aromatic heterocycles. The topological polar surface area (TPSA) is 68.8 Å². The van der Waals surface area contributed by atoms with Crippen molar-refractivity contribution in [1.82, 2.24) is 14.8 Å². The zero-order chi connectivity index (χ0) is 15.8. The fraction of sp³-hybridized carbons (Fsp3) is 0.176. The lowest BCUT2D eigenvalue weighted by atomic mass is 9.93. The number of nitrogens with zero attached hydrogens (tertiary/aromatic N) is 3. The second kappa shape index (κ2) is 5.59. The summed E-state index contributed by atoms with van der Waals surface area (Å²) in [5.74, 6) is 0.975. The number of nitrogens with two attached hydrogens (primary N) is 1. The first-order chi connectivity index (χ1) is 11.2. The zero-order valence-corrected chi connectivity index (χ0v) is 13.1. The Hall–Kier alpha value is -2.53. The Balaban J connectivity index is 1.76. The van der Waals surface area contributed by atoms with Crippen LogP contribution in [0.25, 0.3) is 0 Å². The first-order valence-electron chi connectivity index (χ1n) is 7.49. The molecule has 0 aliphatic carbocycles. The SMILES string of the molecule is Nc1nc2n(n1)[C@H](c1ccc(Cl)cc1)C[C@@H](c1ccccc1)N2. The van der Waals surface area contributed by atoms with Crippen LogP contribution in [0.5, 0.6) is 0 Å². The van der Waals surface area contributed by atoms with E-state index in [2.05, 4.69) is 27.5 Å². The minimum absolute atomic E-state index is 0.0681. The van der Waals surface area contributed by atoms with Crippen LogP contribution in [0.4, 0.5) is 11.9 Å². The smallest absolute Gasteiger partial charge is 0.241 e. The van der Waals surface area contributed by atoms with Crippen molar-refractivity contribution in [3.8, 4) is 0 Å². The molecule has 0 radical (unpaired) electrons. The minimum Gasteiger partial charge on any atom is -0.366 e. The number of hydrogen-bond acceptors (Lipinski definition) is 4. The monoisotopic (exact) mass is 325 g/mol. The Morgan fingerprint density at radius 2 is 1.78 bits per heavy atom. The van der Waals surface area contributed by atoms with E-state index in [1.54, 1.807) is 0 Å². The highest BCUT2D eigenvalue weighted by Crippen LogP contribution is 2.38. The van der Waals surface area contributed by atoms with Crippen LogP contribution in [0.3, 0.4) is 0 Å². The molecule has 116 valence electrons. The molecule has 0 fully saturated rings. The highest BCUT2D eigenvalue weighted by atomic mass is 35.5. The van der Waals surface area contributed by atoms with E-state index in [1.165, 1.54) is 5.56 Å². The molecule has 4 rings (SSSR count). The average Bonchev–Trinajstić information content (AvgIpc) is 2.96. The summed E-state index contributed by atoms with van der Waals surface area (Å²) in [6.45, 7) is 0. The van der Waals surface area contributed by atoms with E-state index in [9.17, 15) is 0 Å². The molecule has 5 nitrogen and oxygen atoms in total. The molecule has 3 aromatic rings. The van der Waals surface area contributed by atoms with Gasteiger partial charge in [0.2, 0.25) is 11.9 Å². The van der Waals surface area contributed by atoms with Gasteiger partial charge < -0.3 is 11.1 Å². The number of rotatable bonds is 2. The van der Waals surface area contributed by atoms with Gasteiger partial charge in [-0.3, -0.25) is 0 Å². The first kappa shape index (κ1) is 14.1. The summed E-state index contributed by atoms with van der Waals surface area (Å²) in [6, 6.07) is 18.4. The van der Waals surface area contributed by atoms with Crippen LogP contribution in [-0.4, -0.2) is 14.8 Å². The highest BCUT2D eigenvalue weighted by molar-refractivity contribution is 6.30. The van der Waals surface area contributed by atoms with E-state index >= 15 is 0 Å². The number of halogens is 1. The number of anilines is 2. The minimum atomic E-state index is 0.0681. The van der Waals surface area contributed by atoms with Gasteiger partial charge in [-0.2, -0.15) is 4.98 Å². The molecule has 6 heteroatoms. The maximum atomic E-state index is 6.01. The third-order valence-corrected chi connectivity index (χ3v) is 4.41. The van der Waals surface area contributed by atoms with E-state index < -0.39 is 0 Å². The lowest BCUT2D eigenvalue weighted by Gasteiger charge is -2.31. The van der Waals surface area contributed by atoms with E-state index in [-0.39, 0.29) is 18.0 Å². The maximum Gasteiger partial charge on any atom is 0.241 e. The molecular weight excluding hydrogens is 310 g/mol. The van der Waals surface area contributed by atoms with E-state index in [1.807, 2.05) is 47.1 Å². The van der Waals surface area contributed by atoms with Crippen LogP contribution < -0.4 is 11.1 Å². The van der Waals surface area contributed by atoms with Crippen LogP contribution in [-0.2, 0) is 0 Å². The molecule has 2 atom stereocenters. The van der Waals surface area contributed by atoms with Gasteiger partial charge in [-0.1, -0.05) is 54.1 Å². The maximum absolute atomic E-state index is 6.01. The Morgan fingerprint density at radius 3 is 2.52 bits per heavy atom. The molecule has 23 heavy (non-hydrogen) atoms. The molecule has 0 amide bonds. The van der Waals surface area contributed by atoms with Gasteiger partial charge in [0.1, 0.15) is 0 Å². The van der Waals surface area contributed by atoms with Crippen molar-refractivity contribution in [3.05, 3.63) is 70.7 Å². The van der Waals surface area contributed by atoms with Gasteiger partial charge in [0.15, 0.2) is 0 Å². The molecule has 0 bridgehead atoms. The molecule has 1 aliphatic heterocycles. The Kier molecular flexibility index (Phi) is 3.42. The number of nitrogen functional groups attached to an aromatic ring is 1. The van der Waals surface area contributed by atoms with E-state index in [0.717, 1.165) is 17.0 Å². The van der Waals surface area contributed by atoms with Gasteiger partial charge in [0.05, 0.1) is 12.1 Å². The quantitative estimate of drug-likeness (QED) is 0.754. The second-order valence-electron chi connectivity index (χ2n) is 5.65. The number of hydrogen-bond donors (Lipinski definition) is 2. The van der Waals surface area contributed by atoms with Gasteiger partial charge in [-0.05, 0) is 29.7 Å². The van der Waals surface area contributed by atoms with Crippen LogP contribution >= 0.6 is 11.6 Å². The van der Waals surface area contributed by atoms with Crippen LogP contribution in [0.1, 0.15) is 29.6 Å². The van der Waals surface area contributed by atoms with E-state index in [0.29, 0.717) is 5.95 Å². The van der Waals surface area contributed by atoms with Gasteiger partial charge in [0, 0.05) is 5.02 Å². The van der Waals surface area contributed by atoms with Crippen molar-refractivity contribution in [3.63, 3.8) is 0 Å². The third-order valence-electron chi connectivity index (χ3n) is 4.16. The van der Waals surface area contributed by atoms with Crippen molar-refractivity contribution >= 4 is 23.5 Å². The van der Waals surface area contributed by atoms with Crippen molar-refractivity contribution < 1.29 is 0 Å². The van der Waals surface area contributed by atoms with Crippen molar-refractivity contribution in [2.45, 2.75) is 18.5 Å². The van der Waals surface area contributed by atoms with Crippen LogP contribution in [0, 0.1) is 0 Å². The molecule has 2 heterocycles.